The molecule has 2 N–H and O–H groups in total. The summed E-state index contributed by atoms with van der Waals surface area (Å²) in [5.41, 5.74) is -1.20. The van der Waals surface area contributed by atoms with Crippen molar-refractivity contribution in [3.8, 4) is 5.75 Å². The fraction of sp³-hybridized carbons (Fsp3) is 0.176. The van der Waals surface area contributed by atoms with Gasteiger partial charge in [0.15, 0.2) is 5.60 Å². The molecule has 25 heavy (non-hydrogen) atoms. The molecule has 8 heteroatoms. The summed E-state index contributed by atoms with van der Waals surface area (Å²) in [6.45, 7) is 2.98. The number of carboxylic acid groups (broad SMARTS) is 2. The maximum atomic E-state index is 10.7. The molecule has 0 aromatic heterocycles. The number of aromatic carboxylic acids is 1. The first-order valence-corrected chi connectivity index (χ1v) is 8.03. The van der Waals surface area contributed by atoms with Crippen LogP contribution in [0.2, 0.25) is 15.1 Å². The van der Waals surface area contributed by atoms with Gasteiger partial charge in [0.1, 0.15) is 5.75 Å². The molecule has 0 amide bonds. The molecule has 0 saturated carbocycles. The Morgan fingerprint density at radius 3 is 1.96 bits per heavy atom. The SMILES string of the molecule is CC(C)(Oc1ccc(Cl)cc1)C(=O)O.O=C(O)c1cccc(Cl)c1Cl. The highest BCUT2D eigenvalue weighted by Gasteiger charge is 2.29. The molecular weight excluding hydrogens is 391 g/mol. The number of aliphatic carboxylic acids is 1. The molecule has 0 atom stereocenters. The van der Waals surface area contributed by atoms with Gasteiger partial charge in [0.25, 0.3) is 0 Å². The van der Waals surface area contributed by atoms with Gasteiger partial charge < -0.3 is 14.9 Å². The van der Waals surface area contributed by atoms with Crippen LogP contribution in [0.5, 0.6) is 5.75 Å². The van der Waals surface area contributed by atoms with E-state index in [0.29, 0.717) is 10.8 Å². The normalized spacial score (nSPS) is 10.4. The van der Waals surface area contributed by atoms with Crippen molar-refractivity contribution in [3.05, 3.63) is 63.1 Å². The van der Waals surface area contributed by atoms with Gasteiger partial charge >= 0.3 is 11.9 Å². The Morgan fingerprint density at radius 1 is 0.960 bits per heavy atom. The summed E-state index contributed by atoms with van der Waals surface area (Å²) in [4.78, 5) is 21.2. The second-order valence-corrected chi connectivity index (χ2v) is 6.50. The van der Waals surface area contributed by atoms with Crippen LogP contribution in [0.15, 0.2) is 42.5 Å². The van der Waals surface area contributed by atoms with Gasteiger partial charge in [-0.05, 0) is 50.2 Å². The van der Waals surface area contributed by atoms with Gasteiger partial charge in [-0.15, -0.1) is 0 Å². The summed E-state index contributed by atoms with van der Waals surface area (Å²) in [5, 5.41) is 18.3. The minimum Gasteiger partial charge on any atom is -0.478 e. The van der Waals surface area contributed by atoms with Crippen LogP contribution in [-0.2, 0) is 4.79 Å². The van der Waals surface area contributed by atoms with Crippen LogP contribution in [0.25, 0.3) is 0 Å². The maximum Gasteiger partial charge on any atom is 0.347 e. The Bertz CT molecular complexity index is 757. The van der Waals surface area contributed by atoms with Gasteiger partial charge in [-0.25, -0.2) is 9.59 Å². The molecule has 0 unspecified atom stereocenters. The van der Waals surface area contributed by atoms with Crippen molar-refractivity contribution >= 4 is 46.7 Å². The van der Waals surface area contributed by atoms with Gasteiger partial charge in [0.05, 0.1) is 15.6 Å². The van der Waals surface area contributed by atoms with E-state index in [4.69, 9.17) is 49.8 Å². The number of ether oxygens (including phenoxy) is 1. The zero-order valence-corrected chi connectivity index (χ0v) is 15.6. The lowest BCUT2D eigenvalue weighted by atomic mass is 10.1. The fourth-order valence-electron chi connectivity index (χ4n) is 1.51. The summed E-state index contributed by atoms with van der Waals surface area (Å²) in [7, 11) is 0. The van der Waals surface area contributed by atoms with E-state index in [2.05, 4.69) is 0 Å². The van der Waals surface area contributed by atoms with Crippen LogP contribution < -0.4 is 4.74 Å². The lowest BCUT2D eigenvalue weighted by molar-refractivity contribution is -0.152. The molecule has 0 fully saturated rings. The maximum absolute atomic E-state index is 10.7. The predicted molar refractivity (Wildman–Crippen MR) is 97.2 cm³/mol. The van der Waals surface area contributed by atoms with E-state index in [0.717, 1.165) is 0 Å². The molecule has 0 heterocycles. The second kappa shape index (κ2) is 8.94. The van der Waals surface area contributed by atoms with Crippen LogP contribution in [0.4, 0.5) is 0 Å². The number of rotatable bonds is 4. The Hall–Kier alpha value is -1.95. The summed E-state index contributed by atoms with van der Waals surface area (Å²) in [6.07, 6.45) is 0. The number of benzene rings is 2. The van der Waals surface area contributed by atoms with Crippen LogP contribution in [0, 0.1) is 0 Å². The number of hydrogen-bond donors (Lipinski definition) is 2. The first kappa shape index (κ1) is 21.1. The van der Waals surface area contributed by atoms with E-state index < -0.39 is 17.5 Å². The minimum atomic E-state index is -1.23. The molecule has 0 radical (unpaired) electrons. The number of carbonyl (C=O) groups is 2. The first-order valence-electron chi connectivity index (χ1n) is 6.90. The van der Waals surface area contributed by atoms with Crippen molar-refractivity contribution in [1.82, 2.24) is 0 Å². The molecular formula is C17H15Cl3O5. The van der Waals surface area contributed by atoms with Gasteiger partial charge in [-0.1, -0.05) is 40.9 Å². The van der Waals surface area contributed by atoms with Crippen LogP contribution >= 0.6 is 34.8 Å². The Balaban J connectivity index is 0.000000257. The molecule has 2 rings (SSSR count). The second-order valence-electron chi connectivity index (χ2n) is 5.28. The third kappa shape index (κ3) is 6.46. The molecule has 0 aliphatic rings. The highest BCUT2D eigenvalue weighted by molar-refractivity contribution is 6.43. The summed E-state index contributed by atoms with van der Waals surface area (Å²) in [5.74, 6) is -1.59. The molecule has 0 aliphatic heterocycles. The first-order chi connectivity index (χ1) is 11.5. The molecule has 5 nitrogen and oxygen atoms in total. The zero-order valence-electron chi connectivity index (χ0n) is 13.3. The van der Waals surface area contributed by atoms with Crippen LogP contribution in [0.3, 0.4) is 0 Å². The molecule has 134 valence electrons. The molecule has 2 aromatic carbocycles. The molecule has 0 saturated heterocycles. The highest BCUT2D eigenvalue weighted by Crippen LogP contribution is 2.25. The third-order valence-corrected chi connectivity index (χ3v) is 3.95. The fourth-order valence-corrected chi connectivity index (χ4v) is 2.02. The minimum absolute atomic E-state index is 0.0270. The lowest BCUT2D eigenvalue weighted by Gasteiger charge is -2.21. The van der Waals surface area contributed by atoms with E-state index in [1.807, 2.05) is 0 Å². The molecule has 0 spiro atoms. The standard InChI is InChI=1S/C10H11ClO3.C7H4Cl2O2/c1-10(2,9(12)13)14-8-5-3-7(11)4-6-8;8-5-3-1-2-4(6(5)9)7(10)11/h3-6H,1-2H3,(H,12,13);1-3H,(H,10,11). The van der Waals surface area contributed by atoms with Crippen molar-refractivity contribution in [2.45, 2.75) is 19.4 Å². The summed E-state index contributed by atoms with van der Waals surface area (Å²) >= 11 is 16.8. The Kier molecular flexibility index (Phi) is 7.55. The van der Waals surface area contributed by atoms with Crippen molar-refractivity contribution < 1.29 is 24.5 Å². The Labute approximate surface area is 159 Å². The quantitative estimate of drug-likeness (QED) is 0.723. The Morgan fingerprint density at radius 2 is 1.52 bits per heavy atom. The smallest absolute Gasteiger partial charge is 0.347 e. The van der Waals surface area contributed by atoms with Gasteiger partial charge in [-0.2, -0.15) is 0 Å². The third-order valence-electron chi connectivity index (χ3n) is 2.88. The van der Waals surface area contributed by atoms with E-state index in [-0.39, 0.29) is 15.6 Å². The largest absolute Gasteiger partial charge is 0.478 e. The predicted octanol–water partition coefficient (Wildman–Crippen LogP) is 5.27. The molecule has 2 aromatic rings. The van der Waals surface area contributed by atoms with Gasteiger partial charge in [0.2, 0.25) is 0 Å². The van der Waals surface area contributed by atoms with Crippen LogP contribution in [0.1, 0.15) is 24.2 Å². The van der Waals surface area contributed by atoms with E-state index in [1.165, 1.54) is 32.0 Å². The monoisotopic (exact) mass is 404 g/mol. The van der Waals surface area contributed by atoms with E-state index >= 15 is 0 Å². The van der Waals surface area contributed by atoms with Gasteiger partial charge in [0, 0.05) is 5.02 Å². The van der Waals surface area contributed by atoms with Crippen LogP contribution in [-0.4, -0.2) is 27.8 Å². The summed E-state index contributed by atoms with van der Waals surface area (Å²) < 4.78 is 5.26. The topological polar surface area (TPSA) is 83.8 Å². The lowest BCUT2D eigenvalue weighted by Crippen LogP contribution is -2.37. The molecule has 0 aliphatic carbocycles. The van der Waals surface area contributed by atoms with E-state index in [9.17, 15) is 9.59 Å². The summed E-state index contributed by atoms with van der Waals surface area (Å²) in [6, 6.07) is 11.0. The van der Waals surface area contributed by atoms with Crippen molar-refractivity contribution in [2.75, 3.05) is 0 Å². The average molecular weight is 406 g/mol. The molecule has 0 bridgehead atoms. The van der Waals surface area contributed by atoms with Gasteiger partial charge in [-0.3, -0.25) is 0 Å². The average Bonchev–Trinajstić information content (AvgIpc) is 2.52. The van der Waals surface area contributed by atoms with Crippen molar-refractivity contribution in [2.24, 2.45) is 0 Å². The number of halogens is 3. The van der Waals surface area contributed by atoms with E-state index in [1.54, 1.807) is 24.3 Å². The number of carboxylic acids is 2. The number of hydrogen-bond acceptors (Lipinski definition) is 3. The van der Waals surface area contributed by atoms with Crippen molar-refractivity contribution in [3.63, 3.8) is 0 Å². The highest BCUT2D eigenvalue weighted by atomic mass is 35.5. The zero-order chi connectivity index (χ0) is 19.2. The van der Waals surface area contributed by atoms with Crippen molar-refractivity contribution in [1.29, 1.82) is 0 Å².